The first-order valence-corrected chi connectivity index (χ1v) is 11.4. The van der Waals surface area contributed by atoms with Crippen molar-refractivity contribution < 1.29 is 9.59 Å². The van der Waals surface area contributed by atoms with E-state index < -0.39 is 5.92 Å². The molecule has 0 spiro atoms. The molecule has 4 rings (SSSR count). The Balaban J connectivity index is 1.58. The third-order valence-electron chi connectivity index (χ3n) is 6.09. The van der Waals surface area contributed by atoms with Gasteiger partial charge in [0.25, 0.3) is 5.91 Å². The first-order valence-electron chi connectivity index (χ1n) is 11.4. The van der Waals surface area contributed by atoms with Crippen molar-refractivity contribution in [3.63, 3.8) is 0 Å². The Morgan fingerprint density at radius 2 is 1.76 bits per heavy atom. The summed E-state index contributed by atoms with van der Waals surface area (Å²) in [5.41, 5.74) is 7.28. The number of benzene rings is 2. The van der Waals surface area contributed by atoms with Gasteiger partial charge in [-0.3, -0.25) is 14.6 Å². The number of nitrogens with zero attached hydrogens (tertiary/aromatic N) is 3. The number of hydrogen-bond acceptors (Lipinski definition) is 4. The van der Waals surface area contributed by atoms with E-state index in [0.29, 0.717) is 11.4 Å². The first-order chi connectivity index (χ1) is 15.9. The lowest BCUT2D eigenvalue weighted by Gasteiger charge is -2.17. The Hall–Kier alpha value is -3.60. The zero-order chi connectivity index (χ0) is 23.5. The van der Waals surface area contributed by atoms with Crippen molar-refractivity contribution in [2.75, 3.05) is 5.01 Å². The summed E-state index contributed by atoms with van der Waals surface area (Å²) in [6.07, 6.45) is 4.02. The van der Waals surface area contributed by atoms with Gasteiger partial charge < -0.3 is 0 Å². The molecule has 0 fully saturated rings. The van der Waals surface area contributed by atoms with Crippen molar-refractivity contribution in [1.29, 1.82) is 0 Å². The Labute approximate surface area is 195 Å². The molecule has 168 valence electrons. The largest absolute Gasteiger partial charge is 0.298 e. The van der Waals surface area contributed by atoms with E-state index >= 15 is 0 Å². The van der Waals surface area contributed by atoms with E-state index in [4.69, 9.17) is 0 Å². The van der Waals surface area contributed by atoms with Gasteiger partial charge in [-0.2, -0.15) is 10.1 Å². The van der Waals surface area contributed by atoms with E-state index in [1.807, 2.05) is 56.3 Å². The SMILES string of the molecule is CCCc1cccc(CC(=O)C2C(=O)N(c3ccc(C)c(-c4ncccc4C)c3)N=C2C)c1. The van der Waals surface area contributed by atoms with Crippen LogP contribution in [0, 0.1) is 19.8 Å². The maximum atomic E-state index is 13.3. The molecule has 1 aliphatic heterocycles. The van der Waals surface area contributed by atoms with Gasteiger partial charge in [0.05, 0.1) is 17.1 Å². The van der Waals surface area contributed by atoms with Gasteiger partial charge in [0.2, 0.25) is 0 Å². The molecule has 0 bridgehead atoms. The van der Waals surface area contributed by atoms with E-state index in [1.54, 1.807) is 13.1 Å². The zero-order valence-electron chi connectivity index (χ0n) is 19.6. The van der Waals surface area contributed by atoms with Crippen LogP contribution in [0.15, 0.2) is 65.9 Å². The fourth-order valence-corrected chi connectivity index (χ4v) is 4.37. The van der Waals surface area contributed by atoms with Gasteiger partial charge in [0, 0.05) is 18.2 Å². The van der Waals surface area contributed by atoms with Crippen LogP contribution in [-0.2, 0) is 22.4 Å². The minimum atomic E-state index is -0.846. The van der Waals surface area contributed by atoms with Crippen LogP contribution < -0.4 is 5.01 Å². The van der Waals surface area contributed by atoms with E-state index in [-0.39, 0.29) is 18.1 Å². The summed E-state index contributed by atoms with van der Waals surface area (Å²) in [4.78, 5) is 31.0. The number of carbonyl (C=O) groups is 2. The van der Waals surface area contributed by atoms with Crippen LogP contribution in [0.4, 0.5) is 5.69 Å². The number of rotatable bonds is 7. The Bertz CT molecular complexity index is 1250. The highest BCUT2D eigenvalue weighted by Gasteiger charge is 2.39. The van der Waals surface area contributed by atoms with E-state index in [9.17, 15) is 9.59 Å². The topological polar surface area (TPSA) is 62.6 Å². The molecule has 0 saturated heterocycles. The van der Waals surface area contributed by atoms with Gasteiger partial charge in [-0.25, -0.2) is 0 Å². The summed E-state index contributed by atoms with van der Waals surface area (Å²) in [7, 11) is 0. The maximum Gasteiger partial charge on any atom is 0.263 e. The molecule has 33 heavy (non-hydrogen) atoms. The average molecular weight is 440 g/mol. The molecule has 2 heterocycles. The van der Waals surface area contributed by atoms with Crippen LogP contribution in [0.3, 0.4) is 0 Å². The van der Waals surface area contributed by atoms with E-state index in [0.717, 1.165) is 40.8 Å². The highest BCUT2D eigenvalue weighted by Crippen LogP contribution is 2.32. The van der Waals surface area contributed by atoms with E-state index in [1.165, 1.54) is 10.6 Å². The number of aromatic nitrogens is 1. The van der Waals surface area contributed by atoms with Gasteiger partial charge in [0.1, 0.15) is 5.92 Å². The predicted octanol–water partition coefficient (Wildman–Crippen LogP) is 5.47. The van der Waals surface area contributed by atoms with Crippen LogP contribution in [0.2, 0.25) is 0 Å². The van der Waals surface area contributed by atoms with Gasteiger partial charge >= 0.3 is 0 Å². The molecule has 1 atom stereocenters. The molecule has 1 unspecified atom stereocenters. The summed E-state index contributed by atoms with van der Waals surface area (Å²) >= 11 is 0. The molecule has 1 aromatic heterocycles. The number of amides is 1. The Kier molecular flexibility index (Phi) is 6.50. The number of Topliss-reactive ketones (excluding diaryl/α,β-unsaturated/α-hetero) is 1. The maximum absolute atomic E-state index is 13.3. The molecule has 0 aliphatic carbocycles. The number of pyridine rings is 1. The third-order valence-corrected chi connectivity index (χ3v) is 6.09. The van der Waals surface area contributed by atoms with Gasteiger partial charge in [-0.15, -0.1) is 0 Å². The molecule has 0 saturated carbocycles. The average Bonchev–Trinajstić information content (AvgIpc) is 3.09. The van der Waals surface area contributed by atoms with Crippen molar-refractivity contribution in [3.8, 4) is 11.3 Å². The van der Waals surface area contributed by atoms with Crippen LogP contribution >= 0.6 is 0 Å². The quantitative estimate of drug-likeness (QED) is 0.459. The molecule has 1 aliphatic rings. The number of aryl methyl sites for hydroxylation is 3. The smallest absolute Gasteiger partial charge is 0.263 e. The molecule has 0 N–H and O–H groups in total. The summed E-state index contributed by atoms with van der Waals surface area (Å²) < 4.78 is 0. The monoisotopic (exact) mass is 439 g/mol. The minimum Gasteiger partial charge on any atom is -0.298 e. The van der Waals surface area contributed by atoms with Crippen molar-refractivity contribution in [3.05, 3.63) is 83.0 Å². The summed E-state index contributed by atoms with van der Waals surface area (Å²) in [6.45, 7) is 7.93. The highest BCUT2D eigenvalue weighted by atomic mass is 16.2. The molecular weight excluding hydrogens is 410 g/mol. The summed E-state index contributed by atoms with van der Waals surface area (Å²) in [6, 6.07) is 17.7. The number of hydrazone groups is 1. The van der Waals surface area contributed by atoms with E-state index in [2.05, 4.69) is 29.1 Å². The number of anilines is 1. The van der Waals surface area contributed by atoms with Crippen LogP contribution in [0.5, 0.6) is 0 Å². The summed E-state index contributed by atoms with van der Waals surface area (Å²) in [5, 5.41) is 5.84. The standard InChI is InChI=1S/C28H29N3O2/c1-5-8-21-10-6-11-22(15-21)16-25(32)26-20(4)30-31(28(26)33)23-13-12-18(2)24(17-23)27-19(3)9-7-14-29-27/h6-7,9-15,17,26H,5,8,16H2,1-4H3. The first kappa shape index (κ1) is 22.6. The van der Waals surface area contributed by atoms with Gasteiger partial charge in [-0.1, -0.05) is 49.7 Å². The van der Waals surface area contributed by atoms with Crippen LogP contribution in [-0.4, -0.2) is 22.4 Å². The van der Waals surface area contributed by atoms with Crippen LogP contribution in [0.25, 0.3) is 11.3 Å². The molecule has 0 radical (unpaired) electrons. The lowest BCUT2D eigenvalue weighted by atomic mass is 9.93. The second-order valence-corrected chi connectivity index (χ2v) is 8.71. The lowest BCUT2D eigenvalue weighted by Crippen LogP contribution is -2.33. The Morgan fingerprint density at radius 1 is 0.970 bits per heavy atom. The van der Waals surface area contributed by atoms with Crippen molar-refractivity contribution in [1.82, 2.24) is 4.98 Å². The van der Waals surface area contributed by atoms with Crippen molar-refractivity contribution in [2.24, 2.45) is 11.0 Å². The number of ketones is 1. The van der Waals surface area contributed by atoms with Gasteiger partial charge in [-0.05, 0) is 67.6 Å². The second-order valence-electron chi connectivity index (χ2n) is 8.71. The van der Waals surface area contributed by atoms with Crippen molar-refractivity contribution >= 4 is 23.1 Å². The highest BCUT2D eigenvalue weighted by molar-refractivity contribution is 6.27. The molecule has 2 aromatic carbocycles. The summed E-state index contributed by atoms with van der Waals surface area (Å²) in [5.74, 6) is -1.26. The predicted molar refractivity (Wildman–Crippen MR) is 132 cm³/mol. The van der Waals surface area contributed by atoms with Gasteiger partial charge in [0.15, 0.2) is 5.78 Å². The normalized spacial score (nSPS) is 15.6. The number of carbonyl (C=O) groups excluding carboxylic acids is 2. The third kappa shape index (κ3) is 4.63. The molecular formula is C28H29N3O2. The van der Waals surface area contributed by atoms with Crippen LogP contribution in [0.1, 0.15) is 42.5 Å². The fraction of sp³-hybridized carbons (Fsp3) is 0.286. The lowest BCUT2D eigenvalue weighted by molar-refractivity contribution is -0.128. The molecule has 1 amide bonds. The molecule has 5 nitrogen and oxygen atoms in total. The zero-order valence-corrected chi connectivity index (χ0v) is 19.6. The fourth-order valence-electron chi connectivity index (χ4n) is 4.37. The minimum absolute atomic E-state index is 0.120. The molecule has 5 heteroatoms. The molecule has 3 aromatic rings. The Morgan fingerprint density at radius 3 is 2.52 bits per heavy atom. The number of hydrogen-bond donors (Lipinski definition) is 0. The second kappa shape index (κ2) is 9.49. The van der Waals surface area contributed by atoms with Crippen molar-refractivity contribution in [2.45, 2.75) is 47.0 Å².